The number of halogens is 6. The Bertz CT molecular complexity index is 2290. The Balaban J connectivity index is -0.00000109. The van der Waals surface area contributed by atoms with Crippen molar-refractivity contribution in [2.75, 3.05) is 0 Å². The van der Waals surface area contributed by atoms with Gasteiger partial charge in [0.25, 0.3) is 0 Å². The van der Waals surface area contributed by atoms with Crippen molar-refractivity contribution in [1.82, 2.24) is 0 Å². The zero-order valence-electron chi connectivity index (χ0n) is 61.6. The molecule has 6 aliphatic rings. The van der Waals surface area contributed by atoms with Crippen molar-refractivity contribution in [2.45, 2.75) is 285 Å². The van der Waals surface area contributed by atoms with Gasteiger partial charge in [0.1, 0.15) is 0 Å². The van der Waals surface area contributed by atoms with E-state index in [0.29, 0.717) is 0 Å². The summed E-state index contributed by atoms with van der Waals surface area (Å²) in [7, 11) is 24.2. The molecule has 3 nitrogen and oxygen atoms in total. The van der Waals surface area contributed by atoms with Crippen LogP contribution in [0.3, 0.4) is 0 Å². The van der Waals surface area contributed by atoms with Crippen LogP contribution in [0.4, 0.5) is 0 Å². The zero-order chi connectivity index (χ0) is 64.7. The second kappa shape index (κ2) is 38.0. The number of nitrogens with zero attached hydrogens (tertiary/aromatic N) is 3. The summed E-state index contributed by atoms with van der Waals surface area (Å²) in [5.74, 6) is 9.01. The Labute approximate surface area is 585 Å². The summed E-state index contributed by atoms with van der Waals surface area (Å²) in [4.78, 5) is 16.6. The molecule has 15 heteroatoms. The summed E-state index contributed by atoms with van der Waals surface area (Å²) in [5.41, 5.74) is 21.9. The van der Waals surface area contributed by atoms with Crippen molar-refractivity contribution < 1.29 is 51.1 Å². The van der Waals surface area contributed by atoms with Crippen molar-refractivity contribution in [2.24, 2.45) is 71.0 Å². The number of hydrogen-bond acceptors (Lipinski definition) is 0. The summed E-state index contributed by atoms with van der Waals surface area (Å²) >= 11 is -1.67. The minimum absolute atomic E-state index is 0. The van der Waals surface area contributed by atoms with E-state index in [1.54, 1.807) is 66.9 Å². The predicted molar refractivity (Wildman–Crippen MR) is 392 cm³/mol. The standard InChI is InChI=1S/2C23H42NSi.C21H38NSi.3CH3.6ClH.3Ti/c1-12-13-25(11,24-23(8,9)10)22-19(7)18(6)20-16(4)14(2)15(3)17(5)21(20)22;1-12-25(13-2,24-23(9,10)11)22-19(8)18(7)20-16(5)14(3)15(4)17(6)21(20)22;1-12-13(2)15(4)19-18(14(12)3)16(5)17(6)20(19)23(10,11)22-21(7,8)9;;;;;;;;;;;;/h2*18-22H,12-13H2,1-11H3;16-20H,1-11H3;3*1H3;6*1H;;;/q6*-1;;;;;;;3*+2/p-6. The fourth-order valence-electron chi connectivity index (χ4n) is 18.5. The molecule has 0 aromatic rings. The molecule has 498 valence electrons. The van der Waals surface area contributed by atoms with Crippen LogP contribution in [0.2, 0.25) is 54.4 Å². The third-order valence-electron chi connectivity index (χ3n) is 22.4. The van der Waals surface area contributed by atoms with Crippen LogP contribution in [-0.4, -0.2) is 41.3 Å². The molecule has 3 fully saturated rings. The average molecular weight is 1460 g/mol. The molecule has 6 aliphatic carbocycles. The van der Waals surface area contributed by atoms with E-state index in [0.717, 1.165) is 87.6 Å². The van der Waals surface area contributed by atoms with Gasteiger partial charge in [-0.05, 0) is 188 Å². The predicted octanol–water partition coefficient (Wildman–Crippen LogP) is 27.9. The summed E-state index contributed by atoms with van der Waals surface area (Å²) < 4.78 is 0. The number of fused-ring (bicyclic) bond motifs is 3. The molecule has 16 unspecified atom stereocenters. The molecule has 0 radical (unpaired) electrons. The summed E-state index contributed by atoms with van der Waals surface area (Å²) in [5, 5.41) is 0. The Morgan fingerprint density at radius 2 is 0.576 bits per heavy atom. The fraction of sp³-hybridized carbons (Fsp3) is 0.786. The maximum atomic E-state index is 5.64. The van der Waals surface area contributed by atoms with Gasteiger partial charge in [-0.25, -0.2) is 0 Å². The van der Waals surface area contributed by atoms with Gasteiger partial charge in [0, 0.05) is 0 Å². The average Bonchev–Trinajstić information content (AvgIpc) is 3.90. The summed E-state index contributed by atoms with van der Waals surface area (Å²) in [6.45, 7) is 79.2. The molecular formula is C70H131Cl6N3Si3Ti3-6. The van der Waals surface area contributed by atoms with Crippen LogP contribution < -0.4 is 0 Å². The van der Waals surface area contributed by atoms with Crippen LogP contribution >= 0.6 is 55.8 Å². The molecule has 0 heterocycles. The van der Waals surface area contributed by atoms with Gasteiger partial charge < -0.3 is 37.2 Å². The van der Waals surface area contributed by atoms with Gasteiger partial charge in [-0.1, -0.05) is 244 Å². The van der Waals surface area contributed by atoms with E-state index in [1.165, 1.54) is 24.6 Å². The van der Waals surface area contributed by atoms with E-state index in [4.69, 9.17) is 70.8 Å². The molecule has 6 rings (SSSR count). The molecule has 0 amide bonds. The van der Waals surface area contributed by atoms with Crippen molar-refractivity contribution in [1.29, 1.82) is 0 Å². The topological polar surface area (TPSA) is 42.3 Å². The van der Waals surface area contributed by atoms with E-state index in [1.807, 2.05) is 0 Å². The fourth-order valence-corrected chi connectivity index (χ4v) is 34.7. The molecule has 3 saturated carbocycles. The first-order valence-corrected chi connectivity index (χ1v) is 52.6. The van der Waals surface area contributed by atoms with Gasteiger partial charge in [-0.2, -0.15) is 0 Å². The number of hydrogen-bond donors (Lipinski definition) is 0. The Hall–Kier alpha value is 2.85. The van der Waals surface area contributed by atoms with E-state index in [2.05, 4.69) is 227 Å². The molecule has 0 aliphatic heterocycles. The van der Waals surface area contributed by atoms with Crippen LogP contribution in [0, 0.1) is 93.3 Å². The molecule has 16 atom stereocenters. The van der Waals surface area contributed by atoms with Crippen molar-refractivity contribution in [3.05, 3.63) is 104 Å². The minimum atomic E-state index is -1.72. The second-order valence-corrected chi connectivity index (χ2v) is 50.9. The second-order valence-electron chi connectivity index (χ2n) is 30.4. The summed E-state index contributed by atoms with van der Waals surface area (Å²) in [6, 6.07) is 3.92. The van der Waals surface area contributed by atoms with Gasteiger partial charge in [0.05, 0.1) is 0 Å². The molecule has 85 heavy (non-hydrogen) atoms. The van der Waals surface area contributed by atoms with E-state index < -0.39 is 75.8 Å². The molecular weight excluding hydrogens is 1320 g/mol. The Morgan fingerprint density at radius 3 is 0.824 bits per heavy atom. The van der Waals surface area contributed by atoms with Crippen LogP contribution in [0.15, 0.2) is 66.9 Å². The Morgan fingerprint density at radius 1 is 0.353 bits per heavy atom. The summed E-state index contributed by atoms with van der Waals surface area (Å²) in [6.07, 6.45) is 1.27. The van der Waals surface area contributed by atoms with E-state index >= 15 is 0 Å². The maximum absolute atomic E-state index is 5.64. The van der Waals surface area contributed by atoms with Crippen LogP contribution in [0.1, 0.15) is 214 Å². The van der Waals surface area contributed by atoms with E-state index in [9.17, 15) is 0 Å². The third-order valence-corrected chi connectivity index (χ3v) is 36.8. The number of allylic oxidation sites excluding steroid dienone is 12. The number of rotatable bonds is 10. The zero-order valence-corrected chi connectivity index (χ0v) is 73.8. The monoisotopic (exact) mass is 1450 g/mol. The molecule has 0 aromatic heterocycles. The Kier molecular flexibility index (Phi) is 41.1. The van der Waals surface area contributed by atoms with Gasteiger partial charge in [0.2, 0.25) is 0 Å². The molecule has 0 spiro atoms. The van der Waals surface area contributed by atoms with Gasteiger partial charge in [0.15, 0.2) is 0 Å². The molecule has 0 saturated heterocycles. The normalized spacial score (nSPS) is 30.7. The first-order valence-electron chi connectivity index (χ1n) is 31.5. The van der Waals surface area contributed by atoms with E-state index in [-0.39, 0.29) is 38.9 Å². The van der Waals surface area contributed by atoms with Gasteiger partial charge in [-0.3, -0.25) is 0 Å². The third kappa shape index (κ3) is 21.9. The van der Waals surface area contributed by atoms with Crippen molar-refractivity contribution in [3.8, 4) is 0 Å². The van der Waals surface area contributed by atoms with Crippen LogP contribution in [0.5, 0.6) is 0 Å². The molecule has 0 aromatic carbocycles. The SMILES string of the molecule is CC1=C(C)C2C(C)C(C)C([Si](C)(C)[N-]C(C)(C)C)C2C(C)=C1C.CCC[Si](C)([N-]C(C)(C)C)C1C(C)C(C)C2C(C)=C(C)C(C)=C(C)C21.CC[Si](CC)([N-]C(C)(C)C)C1C(C)C(C)C2C(C)=C(C)C(C)=C(C)C21.[CH3-].[CH3-].[CH3-].[Cl][Ti][Cl].[Cl][Ti][Cl].[Cl][Ti][Cl]. The molecule has 0 N–H and O–H groups in total. The quantitative estimate of drug-likeness (QED) is 0.155. The van der Waals surface area contributed by atoms with Crippen LogP contribution in [-0.2, 0) is 51.1 Å². The van der Waals surface area contributed by atoms with Crippen molar-refractivity contribution >= 4 is 80.5 Å². The first kappa shape index (κ1) is 92.0. The van der Waals surface area contributed by atoms with Crippen molar-refractivity contribution in [3.63, 3.8) is 0 Å². The van der Waals surface area contributed by atoms with Crippen LogP contribution in [0.25, 0.3) is 14.9 Å². The van der Waals surface area contributed by atoms with Gasteiger partial charge >= 0.3 is 107 Å². The van der Waals surface area contributed by atoms with Gasteiger partial charge in [-0.15, -0.1) is 16.6 Å². The molecule has 0 bridgehead atoms. The first-order chi connectivity index (χ1) is 37.3.